The van der Waals surface area contributed by atoms with Gasteiger partial charge in [0, 0.05) is 18.6 Å². The quantitative estimate of drug-likeness (QED) is 0.223. The Morgan fingerprint density at radius 2 is 1.51 bits per heavy atom. The number of amides is 4. The first-order valence-corrected chi connectivity index (χ1v) is 17.5. The number of likely N-dealkylation sites (tertiary alicyclic amines) is 1. The van der Waals surface area contributed by atoms with Gasteiger partial charge in [0.25, 0.3) is 0 Å². The number of urea groups is 1. The fourth-order valence-electron chi connectivity index (χ4n) is 6.05. The van der Waals surface area contributed by atoms with E-state index in [4.69, 9.17) is 9.59 Å². The maximum atomic E-state index is 13.3. The molecule has 1 aliphatic heterocycles. The van der Waals surface area contributed by atoms with Crippen molar-refractivity contribution in [3.05, 3.63) is 0 Å². The van der Waals surface area contributed by atoms with Gasteiger partial charge >= 0.3 is 6.03 Å². The topological polar surface area (TPSA) is 151 Å². The first kappa shape index (κ1) is 44.6. The van der Waals surface area contributed by atoms with E-state index in [0.29, 0.717) is 6.54 Å². The maximum Gasteiger partial charge on any atom is 0.315 e. The second-order valence-electron chi connectivity index (χ2n) is 13.0. The van der Waals surface area contributed by atoms with Gasteiger partial charge in [-0.15, -0.1) is 0 Å². The number of hydrogen-bond acceptors (Lipinski definition) is 6. The van der Waals surface area contributed by atoms with Gasteiger partial charge in [-0.05, 0) is 69.7 Å². The van der Waals surface area contributed by atoms with Gasteiger partial charge in [0.1, 0.15) is 18.6 Å². The molecule has 264 valence electrons. The van der Waals surface area contributed by atoms with Gasteiger partial charge in [-0.25, -0.2) is 4.79 Å². The Kier molecular flexibility index (Phi) is 26.5. The summed E-state index contributed by atoms with van der Waals surface area (Å²) in [5, 5.41) is 9.30. The Morgan fingerprint density at radius 3 is 1.91 bits per heavy atom. The van der Waals surface area contributed by atoms with Gasteiger partial charge in [0.15, 0.2) is 0 Å². The van der Waals surface area contributed by atoms with Crippen molar-refractivity contribution < 1.29 is 24.0 Å². The molecule has 0 bridgehead atoms. The number of nitrogens with zero attached hydrogens (tertiary/aromatic N) is 1. The van der Waals surface area contributed by atoms with Crippen LogP contribution in [0.15, 0.2) is 0 Å². The number of carbonyl (C=O) groups excluding carboxylic acids is 5. The van der Waals surface area contributed by atoms with E-state index in [1.54, 1.807) is 4.90 Å². The first-order valence-electron chi connectivity index (χ1n) is 17.5. The molecule has 0 aromatic carbocycles. The van der Waals surface area contributed by atoms with Gasteiger partial charge in [0.2, 0.25) is 12.3 Å². The number of nitrogens with one attached hydrogen (secondary N) is 3. The van der Waals surface area contributed by atoms with Crippen LogP contribution in [-0.4, -0.2) is 73.6 Å². The van der Waals surface area contributed by atoms with Gasteiger partial charge in [-0.3, -0.25) is 9.59 Å². The Balaban J connectivity index is 0. The molecule has 3 aliphatic rings. The summed E-state index contributed by atoms with van der Waals surface area (Å²) in [7, 11) is 2.08. The summed E-state index contributed by atoms with van der Waals surface area (Å²) in [6.45, 7) is 16.2. The number of rotatable bonds is 10. The van der Waals surface area contributed by atoms with Crippen molar-refractivity contribution in [2.24, 2.45) is 23.0 Å². The van der Waals surface area contributed by atoms with Crippen molar-refractivity contribution in [1.29, 1.82) is 0 Å². The Bertz CT molecular complexity index is 784. The van der Waals surface area contributed by atoms with Crippen LogP contribution in [0.3, 0.4) is 0 Å². The second-order valence-corrected chi connectivity index (χ2v) is 13.0. The van der Waals surface area contributed by atoms with Crippen LogP contribution in [0.2, 0.25) is 0 Å². The van der Waals surface area contributed by atoms with Crippen molar-refractivity contribution in [3.63, 3.8) is 0 Å². The van der Waals surface area contributed by atoms with E-state index in [1.165, 1.54) is 45.4 Å². The maximum absolute atomic E-state index is 13.3. The Labute approximate surface area is 275 Å². The lowest BCUT2D eigenvalue weighted by atomic mass is 9.80. The van der Waals surface area contributed by atoms with Gasteiger partial charge in [-0.2, -0.15) is 0 Å². The highest BCUT2D eigenvalue weighted by Crippen LogP contribution is 2.31. The van der Waals surface area contributed by atoms with E-state index in [1.807, 2.05) is 34.6 Å². The van der Waals surface area contributed by atoms with Crippen LogP contribution in [0.5, 0.6) is 0 Å². The van der Waals surface area contributed by atoms with Crippen molar-refractivity contribution in [1.82, 2.24) is 20.9 Å². The van der Waals surface area contributed by atoms with E-state index in [-0.39, 0.29) is 36.3 Å². The van der Waals surface area contributed by atoms with Crippen molar-refractivity contribution in [2.75, 3.05) is 13.6 Å². The van der Waals surface area contributed by atoms with E-state index in [9.17, 15) is 14.4 Å². The van der Waals surface area contributed by atoms with Gasteiger partial charge < -0.3 is 36.2 Å². The van der Waals surface area contributed by atoms with Crippen LogP contribution >= 0.6 is 0 Å². The third kappa shape index (κ3) is 18.3. The number of carbonyl (C=O) groups is 5. The number of primary amides is 1. The fourth-order valence-corrected chi connectivity index (χ4v) is 6.05. The summed E-state index contributed by atoms with van der Waals surface area (Å²) in [5.74, 6) is 1.14. The summed E-state index contributed by atoms with van der Waals surface area (Å²) in [6, 6.07) is -0.320. The summed E-state index contributed by atoms with van der Waals surface area (Å²) in [5.41, 5.74) is 3.73. The highest BCUT2D eigenvalue weighted by molar-refractivity contribution is 5.89. The van der Waals surface area contributed by atoms with Crippen LogP contribution in [0.25, 0.3) is 0 Å². The molecule has 3 fully saturated rings. The SMILES string of the molecule is CC.CC=O.CCC(CC1CCC1)NC.CCC[C@H]1CCN(C(=O)C(NC(=O)NC2CCCCC2)C(C)(C)C)C1C=O.NC=O. The normalized spacial score (nSPS) is 20.7. The lowest BCUT2D eigenvalue weighted by Crippen LogP contribution is -2.58. The minimum atomic E-state index is -0.649. The van der Waals surface area contributed by atoms with Crippen LogP contribution < -0.4 is 21.7 Å². The molecular weight excluding hydrogens is 570 g/mol. The molecule has 4 amide bonds. The van der Waals surface area contributed by atoms with E-state index in [0.717, 1.165) is 69.5 Å². The zero-order valence-electron chi connectivity index (χ0n) is 30.2. The van der Waals surface area contributed by atoms with E-state index in [2.05, 4.69) is 42.6 Å². The van der Waals surface area contributed by atoms with Crippen molar-refractivity contribution in [3.8, 4) is 0 Å². The first-order chi connectivity index (χ1) is 21.5. The third-order valence-corrected chi connectivity index (χ3v) is 8.74. The highest BCUT2D eigenvalue weighted by Gasteiger charge is 2.42. The lowest BCUT2D eigenvalue weighted by molar-refractivity contribution is -0.139. The summed E-state index contributed by atoms with van der Waals surface area (Å²) in [6.07, 6.45) is 17.4. The monoisotopic (exact) mass is 640 g/mol. The molecule has 4 atom stereocenters. The minimum absolute atomic E-state index is 0.142. The predicted octanol–water partition coefficient (Wildman–Crippen LogP) is 5.76. The van der Waals surface area contributed by atoms with Crippen molar-refractivity contribution in [2.45, 2.75) is 163 Å². The van der Waals surface area contributed by atoms with Gasteiger partial charge in [-0.1, -0.05) is 93.4 Å². The average molecular weight is 640 g/mol. The molecule has 3 unspecified atom stereocenters. The fraction of sp³-hybridized carbons (Fsp3) is 0.857. The molecule has 3 rings (SSSR count). The predicted molar refractivity (Wildman–Crippen MR) is 185 cm³/mol. The molecule has 45 heavy (non-hydrogen) atoms. The molecule has 0 aromatic rings. The Morgan fingerprint density at radius 1 is 0.956 bits per heavy atom. The van der Waals surface area contributed by atoms with Crippen molar-refractivity contribution >= 4 is 30.9 Å². The average Bonchev–Trinajstić information content (AvgIpc) is 3.40. The van der Waals surface area contributed by atoms with E-state index < -0.39 is 11.5 Å². The molecule has 0 aromatic heterocycles. The summed E-state index contributed by atoms with van der Waals surface area (Å²) in [4.78, 5) is 56.6. The molecule has 0 spiro atoms. The smallest absolute Gasteiger partial charge is 0.315 e. The molecule has 1 saturated heterocycles. The van der Waals surface area contributed by atoms with Crippen LogP contribution in [0.1, 0.15) is 139 Å². The standard InChI is InChI=1S/C21H37N3O3.C9H19N.C2H4O.C2H6.CH3NO/c1-5-9-15-12-13-24(17(15)14-25)19(26)18(21(2,3)4)23-20(27)22-16-10-7-6-8-11-16;1-3-9(10-2)7-8-5-4-6-8;1-2-3;1-2;2-1-3/h14-18H,5-13H2,1-4H3,(H2,22,23,27);8-10H,3-7H2,1-2H3;2H,1H3;1-2H3;1H,(H2,2,3)/t15-,17?,18?;;;;/m0..../s1. The zero-order valence-corrected chi connectivity index (χ0v) is 30.2. The van der Waals surface area contributed by atoms with Crippen LogP contribution in [-0.2, 0) is 19.2 Å². The highest BCUT2D eigenvalue weighted by atomic mass is 16.2. The molecule has 1 heterocycles. The Hall–Kier alpha value is -2.49. The zero-order chi connectivity index (χ0) is 34.8. The molecule has 10 heteroatoms. The number of nitrogens with two attached hydrogens (primary N) is 1. The largest absolute Gasteiger partial charge is 0.372 e. The van der Waals surface area contributed by atoms with Crippen LogP contribution in [0.4, 0.5) is 4.79 Å². The molecular formula is C35H69N5O5. The lowest BCUT2D eigenvalue weighted by Gasteiger charge is -2.35. The molecule has 2 aliphatic carbocycles. The van der Waals surface area contributed by atoms with Crippen LogP contribution in [0, 0.1) is 17.3 Å². The molecule has 2 saturated carbocycles. The molecule has 5 N–H and O–H groups in total. The third-order valence-electron chi connectivity index (χ3n) is 8.74. The second kappa shape index (κ2) is 26.7. The molecule has 0 radical (unpaired) electrons. The van der Waals surface area contributed by atoms with E-state index >= 15 is 0 Å². The molecule has 10 nitrogen and oxygen atoms in total. The minimum Gasteiger partial charge on any atom is -0.372 e. The number of hydrogen-bond donors (Lipinski definition) is 4. The van der Waals surface area contributed by atoms with Gasteiger partial charge in [0.05, 0.1) is 6.04 Å². The number of aldehydes is 2. The summed E-state index contributed by atoms with van der Waals surface area (Å²) < 4.78 is 0. The summed E-state index contributed by atoms with van der Waals surface area (Å²) >= 11 is 0.